The van der Waals surface area contributed by atoms with Crippen molar-refractivity contribution in [2.45, 2.75) is 45.1 Å². The molecular weight excluding hydrogens is 368 g/mol. The molecule has 0 N–H and O–H groups in total. The number of carbonyl (C=O) groups excluding carboxylic acids is 1. The first kappa shape index (κ1) is 19.2. The van der Waals surface area contributed by atoms with Crippen LogP contribution in [0.1, 0.15) is 37.7 Å². The summed E-state index contributed by atoms with van der Waals surface area (Å²) < 4.78 is 16.9. The van der Waals surface area contributed by atoms with Gasteiger partial charge in [-0.15, -0.1) is 0 Å². The third-order valence-electron chi connectivity index (χ3n) is 5.24. The second kappa shape index (κ2) is 8.52. The molecule has 0 radical (unpaired) electrons. The summed E-state index contributed by atoms with van der Waals surface area (Å²) in [7, 11) is 0. The second-order valence-electron chi connectivity index (χ2n) is 7.54. The summed E-state index contributed by atoms with van der Waals surface area (Å²) in [6, 6.07) is 14.3. The van der Waals surface area contributed by atoms with Crippen molar-refractivity contribution in [3.8, 4) is 17.1 Å². The van der Waals surface area contributed by atoms with E-state index < -0.39 is 0 Å². The Balaban J connectivity index is 1.47. The molecule has 150 valence electrons. The summed E-state index contributed by atoms with van der Waals surface area (Å²) in [4.78, 5) is 24.6. The summed E-state index contributed by atoms with van der Waals surface area (Å²) in [5.74, 6) is 0.583. The lowest BCUT2D eigenvalue weighted by Crippen LogP contribution is -2.24. The Morgan fingerprint density at radius 3 is 2.55 bits per heavy atom. The van der Waals surface area contributed by atoms with E-state index in [-0.39, 0.29) is 24.1 Å². The standard InChI is InChI=1S/C24H24O5/c1-16-7-9-17(10-8-16)23-14-21(25)20-13-19(11-12-22(20)29-23)27-15-24(26)28-18-5-3-2-4-6-18/h7-14,18H,2-6,15H2,1H3. The highest BCUT2D eigenvalue weighted by molar-refractivity contribution is 5.80. The van der Waals surface area contributed by atoms with Gasteiger partial charge in [0.25, 0.3) is 0 Å². The predicted octanol–water partition coefficient (Wildman–Crippen LogP) is 5.02. The fraction of sp³-hybridized carbons (Fsp3) is 0.333. The van der Waals surface area contributed by atoms with E-state index in [0.717, 1.165) is 36.8 Å². The van der Waals surface area contributed by atoms with E-state index in [1.807, 2.05) is 31.2 Å². The smallest absolute Gasteiger partial charge is 0.344 e. The molecule has 5 heteroatoms. The molecule has 0 bridgehead atoms. The molecule has 4 rings (SSSR count). The number of hydrogen-bond donors (Lipinski definition) is 0. The lowest BCUT2D eigenvalue weighted by atomic mass is 9.98. The third kappa shape index (κ3) is 4.67. The van der Waals surface area contributed by atoms with Crippen molar-refractivity contribution in [3.05, 3.63) is 64.3 Å². The van der Waals surface area contributed by atoms with Gasteiger partial charge in [-0.1, -0.05) is 36.2 Å². The van der Waals surface area contributed by atoms with Gasteiger partial charge >= 0.3 is 5.97 Å². The number of fused-ring (bicyclic) bond motifs is 1. The Labute approximate surface area is 169 Å². The topological polar surface area (TPSA) is 65.7 Å². The number of rotatable bonds is 5. The van der Waals surface area contributed by atoms with Crippen LogP contribution in [0.25, 0.3) is 22.3 Å². The van der Waals surface area contributed by atoms with Gasteiger partial charge in [0.05, 0.1) is 5.39 Å². The maximum Gasteiger partial charge on any atom is 0.344 e. The van der Waals surface area contributed by atoms with E-state index in [0.29, 0.717) is 22.5 Å². The van der Waals surface area contributed by atoms with Gasteiger partial charge in [0.15, 0.2) is 12.0 Å². The zero-order valence-electron chi connectivity index (χ0n) is 16.5. The first-order valence-corrected chi connectivity index (χ1v) is 10.1. The molecule has 29 heavy (non-hydrogen) atoms. The molecule has 1 aliphatic rings. The molecular formula is C24H24O5. The molecule has 1 saturated carbocycles. The monoisotopic (exact) mass is 392 g/mol. The van der Waals surface area contributed by atoms with Gasteiger partial charge < -0.3 is 13.9 Å². The van der Waals surface area contributed by atoms with E-state index in [9.17, 15) is 9.59 Å². The van der Waals surface area contributed by atoms with E-state index in [2.05, 4.69) is 0 Å². The van der Waals surface area contributed by atoms with Crippen molar-refractivity contribution in [1.29, 1.82) is 0 Å². The minimum Gasteiger partial charge on any atom is -0.482 e. The largest absolute Gasteiger partial charge is 0.482 e. The van der Waals surface area contributed by atoms with Crippen molar-refractivity contribution in [3.63, 3.8) is 0 Å². The molecule has 0 unspecified atom stereocenters. The van der Waals surface area contributed by atoms with Crippen LogP contribution >= 0.6 is 0 Å². The van der Waals surface area contributed by atoms with Crippen molar-refractivity contribution < 1.29 is 18.7 Å². The van der Waals surface area contributed by atoms with Crippen molar-refractivity contribution in [1.82, 2.24) is 0 Å². The lowest BCUT2D eigenvalue weighted by molar-refractivity contribution is -0.152. The maximum atomic E-state index is 12.6. The molecule has 0 spiro atoms. The molecule has 1 heterocycles. The fourth-order valence-electron chi connectivity index (χ4n) is 3.63. The van der Waals surface area contributed by atoms with E-state index in [1.54, 1.807) is 18.2 Å². The van der Waals surface area contributed by atoms with Gasteiger partial charge in [-0.25, -0.2) is 4.79 Å². The molecule has 2 aromatic carbocycles. The molecule has 1 aromatic heterocycles. The zero-order valence-corrected chi connectivity index (χ0v) is 16.5. The number of aryl methyl sites for hydroxylation is 1. The molecule has 1 aliphatic carbocycles. The van der Waals surface area contributed by atoms with Gasteiger partial charge in [0.1, 0.15) is 23.2 Å². The molecule has 1 fully saturated rings. The van der Waals surface area contributed by atoms with Gasteiger partial charge in [0, 0.05) is 11.6 Å². The van der Waals surface area contributed by atoms with Crippen LogP contribution < -0.4 is 10.2 Å². The number of benzene rings is 2. The number of ether oxygens (including phenoxy) is 2. The highest BCUT2D eigenvalue weighted by Crippen LogP contribution is 2.25. The summed E-state index contributed by atoms with van der Waals surface area (Å²) in [5, 5.41) is 0.416. The van der Waals surface area contributed by atoms with Crippen LogP contribution in [0, 0.1) is 6.92 Å². The quantitative estimate of drug-likeness (QED) is 0.570. The number of hydrogen-bond acceptors (Lipinski definition) is 5. The van der Waals surface area contributed by atoms with Gasteiger partial charge in [0.2, 0.25) is 0 Å². The first-order chi connectivity index (χ1) is 14.1. The molecule has 3 aromatic rings. The van der Waals surface area contributed by atoms with E-state index in [4.69, 9.17) is 13.9 Å². The molecule has 0 aliphatic heterocycles. The van der Waals surface area contributed by atoms with Crippen LogP contribution in [0.4, 0.5) is 0 Å². The number of carbonyl (C=O) groups is 1. The molecule has 0 saturated heterocycles. The summed E-state index contributed by atoms with van der Waals surface area (Å²) >= 11 is 0. The summed E-state index contributed by atoms with van der Waals surface area (Å²) in [6.07, 6.45) is 5.26. The second-order valence-corrected chi connectivity index (χ2v) is 7.54. The molecule has 5 nitrogen and oxygen atoms in total. The van der Waals surface area contributed by atoms with Crippen LogP contribution in [0.3, 0.4) is 0 Å². The van der Waals surface area contributed by atoms with Crippen LogP contribution in [-0.2, 0) is 9.53 Å². The zero-order chi connectivity index (χ0) is 20.2. The lowest BCUT2D eigenvalue weighted by Gasteiger charge is -2.21. The first-order valence-electron chi connectivity index (χ1n) is 10.1. The third-order valence-corrected chi connectivity index (χ3v) is 5.24. The average Bonchev–Trinajstić information content (AvgIpc) is 2.73. The SMILES string of the molecule is Cc1ccc(-c2cc(=O)c3cc(OCC(=O)OC4CCCCC4)ccc3o2)cc1. The Morgan fingerprint density at radius 2 is 1.79 bits per heavy atom. The molecule has 0 atom stereocenters. The van der Waals surface area contributed by atoms with E-state index >= 15 is 0 Å². The van der Waals surface area contributed by atoms with Crippen LogP contribution in [0.2, 0.25) is 0 Å². The normalized spacial score (nSPS) is 14.7. The highest BCUT2D eigenvalue weighted by Gasteiger charge is 2.18. The van der Waals surface area contributed by atoms with Crippen LogP contribution in [-0.4, -0.2) is 18.7 Å². The summed E-state index contributed by atoms with van der Waals surface area (Å²) in [5.41, 5.74) is 2.31. The van der Waals surface area contributed by atoms with Crippen LogP contribution in [0.15, 0.2) is 57.7 Å². The molecule has 0 amide bonds. The summed E-state index contributed by atoms with van der Waals surface area (Å²) in [6.45, 7) is 1.83. The van der Waals surface area contributed by atoms with Crippen LogP contribution in [0.5, 0.6) is 5.75 Å². The average molecular weight is 392 g/mol. The van der Waals surface area contributed by atoms with Gasteiger partial charge in [-0.05, 0) is 50.8 Å². The fourth-order valence-corrected chi connectivity index (χ4v) is 3.63. The van der Waals surface area contributed by atoms with Crippen molar-refractivity contribution >= 4 is 16.9 Å². The minimum absolute atomic E-state index is 0.00342. The van der Waals surface area contributed by atoms with Gasteiger partial charge in [-0.3, -0.25) is 4.79 Å². The minimum atomic E-state index is -0.376. The Bertz CT molecular complexity index is 1060. The predicted molar refractivity (Wildman–Crippen MR) is 111 cm³/mol. The number of esters is 1. The van der Waals surface area contributed by atoms with E-state index in [1.165, 1.54) is 12.5 Å². The maximum absolute atomic E-state index is 12.6. The Morgan fingerprint density at radius 1 is 1.03 bits per heavy atom. The van der Waals surface area contributed by atoms with Crippen molar-refractivity contribution in [2.24, 2.45) is 0 Å². The Kier molecular flexibility index (Phi) is 5.65. The highest BCUT2D eigenvalue weighted by atomic mass is 16.6. The van der Waals surface area contributed by atoms with Crippen molar-refractivity contribution in [2.75, 3.05) is 6.61 Å². The van der Waals surface area contributed by atoms with Gasteiger partial charge in [-0.2, -0.15) is 0 Å². The Hall–Kier alpha value is -3.08.